The Morgan fingerprint density at radius 1 is 0.706 bits per heavy atom. The molecule has 3 aliphatic carbocycles. The van der Waals surface area contributed by atoms with Crippen LogP contribution in [0.5, 0.6) is 0 Å². The van der Waals surface area contributed by atoms with Crippen LogP contribution in [0.3, 0.4) is 0 Å². The Hall–Kier alpha value is -2.10. The number of halogens is 4. The molecule has 0 radical (unpaired) electrons. The first-order chi connectivity index (χ1) is 16.5. The summed E-state index contributed by atoms with van der Waals surface area (Å²) in [4.78, 5) is 0. The van der Waals surface area contributed by atoms with E-state index in [4.69, 9.17) is 0 Å². The molecule has 4 heteroatoms. The van der Waals surface area contributed by atoms with Crippen molar-refractivity contribution in [3.8, 4) is 11.1 Å². The highest BCUT2D eigenvalue weighted by molar-refractivity contribution is 5.79. The van der Waals surface area contributed by atoms with E-state index in [1.807, 2.05) is 6.92 Å². The van der Waals surface area contributed by atoms with Gasteiger partial charge in [-0.25, -0.2) is 17.6 Å². The minimum Gasteiger partial charge on any atom is -0.203 e. The molecule has 0 nitrogen and oxygen atoms in total. The lowest BCUT2D eigenvalue weighted by molar-refractivity contribution is 0.306. The summed E-state index contributed by atoms with van der Waals surface area (Å²) in [5, 5.41) is 0. The minimum atomic E-state index is -1.01. The van der Waals surface area contributed by atoms with Crippen LogP contribution in [0.25, 0.3) is 11.1 Å². The third-order valence-electron chi connectivity index (χ3n) is 8.57. The van der Waals surface area contributed by atoms with Gasteiger partial charge in [0.15, 0.2) is 23.3 Å². The maximum absolute atomic E-state index is 15.4. The molecule has 3 aliphatic rings. The first-order valence-electron chi connectivity index (χ1n) is 13.1. The molecular weight excluding hydrogens is 436 g/mol. The van der Waals surface area contributed by atoms with Gasteiger partial charge in [0.25, 0.3) is 0 Å². The number of rotatable bonds is 5. The Balaban J connectivity index is 1.42. The van der Waals surface area contributed by atoms with Gasteiger partial charge >= 0.3 is 0 Å². The molecule has 0 bridgehead atoms. The smallest absolute Gasteiger partial charge is 0.167 e. The number of fused-ring (bicyclic) bond motifs is 3. The maximum Gasteiger partial charge on any atom is 0.167 e. The average Bonchev–Trinajstić information content (AvgIpc) is 3.23. The molecule has 2 aromatic carbocycles. The van der Waals surface area contributed by atoms with Crippen molar-refractivity contribution in [1.29, 1.82) is 0 Å². The summed E-state index contributed by atoms with van der Waals surface area (Å²) in [6.07, 6.45) is 15.4. The van der Waals surface area contributed by atoms with E-state index < -0.39 is 23.3 Å². The lowest BCUT2D eigenvalue weighted by atomic mass is 9.76. The lowest BCUT2D eigenvalue weighted by Crippen LogP contribution is -2.15. The van der Waals surface area contributed by atoms with Crippen molar-refractivity contribution in [2.24, 2.45) is 5.92 Å². The van der Waals surface area contributed by atoms with Crippen LogP contribution in [0.4, 0.5) is 17.6 Å². The fraction of sp³-hybridized carbons (Fsp3) is 0.533. The molecular formula is C30H34F4. The Kier molecular flexibility index (Phi) is 6.86. The normalized spacial score (nSPS) is 22.9. The predicted molar refractivity (Wildman–Crippen MR) is 129 cm³/mol. The molecule has 2 aromatic rings. The van der Waals surface area contributed by atoms with Crippen molar-refractivity contribution in [3.63, 3.8) is 0 Å². The van der Waals surface area contributed by atoms with Crippen molar-refractivity contribution in [1.82, 2.24) is 0 Å². The Bertz CT molecular complexity index is 1090. The summed E-state index contributed by atoms with van der Waals surface area (Å²) in [5.74, 6) is -3.14. The van der Waals surface area contributed by atoms with Gasteiger partial charge in [0, 0.05) is 11.1 Å². The van der Waals surface area contributed by atoms with E-state index in [9.17, 15) is 0 Å². The molecule has 5 rings (SSSR count). The molecule has 0 N–H and O–H groups in total. The number of hydrogen-bond acceptors (Lipinski definition) is 0. The zero-order valence-corrected chi connectivity index (χ0v) is 20.0. The van der Waals surface area contributed by atoms with Crippen molar-refractivity contribution in [3.05, 3.63) is 69.8 Å². The second kappa shape index (κ2) is 9.87. The van der Waals surface area contributed by atoms with Gasteiger partial charge in [-0.3, -0.25) is 0 Å². The predicted octanol–water partition coefficient (Wildman–Crippen LogP) is 9.49. The number of benzene rings is 2. The van der Waals surface area contributed by atoms with Gasteiger partial charge in [0.1, 0.15) is 0 Å². The second-order valence-corrected chi connectivity index (χ2v) is 10.6. The zero-order valence-electron chi connectivity index (χ0n) is 20.0. The van der Waals surface area contributed by atoms with Crippen molar-refractivity contribution in [2.45, 2.75) is 95.8 Å². The summed E-state index contributed by atoms with van der Waals surface area (Å²) < 4.78 is 61.0. The lowest BCUT2D eigenvalue weighted by Gasteiger charge is -2.29. The molecule has 0 atom stereocenters. The molecule has 0 saturated heterocycles. The molecule has 0 spiro atoms. The van der Waals surface area contributed by atoms with Crippen molar-refractivity contribution in [2.75, 3.05) is 0 Å². The zero-order chi connectivity index (χ0) is 23.8. The molecule has 0 amide bonds. The largest absolute Gasteiger partial charge is 0.203 e. The van der Waals surface area contributed by atoms with E-state index in [0.717, 1.165) is 70.6 Å². The molecule has 2 saturated carbocycles. The van der Waals surface area contributed by atoms with Crippen molar-refractivity contribution >= 4 is 0 Å². The third kappa shape index (κ3) is 4.22. The summed E-state index contributed by atoms with van der Waals surface area (Å²) in [6.45, 7) is 2.03. The van der Waals surface area contributed by atoms with Crippen LogP contribution < -0.4 is 0 Å². The Labute approximate surface area is 200 Å². The van der Waals surface area contributed by atoms with E-state index in [1.54, 1.807) is 12.1 Å². The van der Waals surface area contributed by atoms with E-state index >= 15 is 17.6 Å². The van der Waals surface area contributed by atoms with Gasteiger partial charge in [0.2, 0.25) is 0 Å². The van der Waals surface area contributed by atoms with E-state index in [0.29, 0.717) is 34.6 Å². The average molecular weight is 471 g/mol. The molecule has 0 aromatic heterocycles. The fourth-order valence-electron chi connectivity index (χ4n) is 6.69. The summed E-state index contributed by atoms with van der Waals surface area (Å²) in [6, 6.07) is 3.48. The first-order valence-corrected chi connectivity index (χ1v) is 13.1. The maximum atomic E-state index is 15.4. The first kappa shape index (κ1) is 23.6. The van der Waals surface area contributed by atoms with Gasteiger partial charge in [-0.05, 0) is 105 Å². The van der Waals surface area contributed by atoms with E-state index in [2.05, 4.69) is 12.2 Å². The molecule has 0 heterocycles. The highest BCUT2D eigenvalue weighted by atomic mass is 19.2. The summed E-state index contributed by atoms with van der Waals surface area (Å²) in [5.41, 5.74) is 1.90. The molecule has 2 fully saturated rings. The number of hydrogen-bond donors (Lipinski definition) is 0. The third-order valence-corrected chi connectivity index (χ3v) is 8.57. The van der Waals surface area contributed by atoms with Crippen LogP contribution in [0.1, 0.15) is 112 Å². The van der Waals surface area contributed by atoms with Crippen LogP contribution >= 0.6 is 0 Å². The highest BCUT2D eigenvalue weighted by Gasteiger charge is 2.35. The summed E-state index contributed by atoms with van der Waals surface area (Å²) in [7, 11) is 0. The summed E-state index contributed by atoms with van der Waals surface area (Å²) >= 11 is 0. The standard InChI is InChI=1S/C30H34F4/c1-2-3-5-8-18-11-13-20(14-12-18)24-17-22-15-21-16-23(19-9-6-4-7-10-19)27(31)29(33)25(21)26(22)30(34)28(24)32/h2-3,16-20H,4-15H2,1H3/b3-2+. The van der Waals surface area contributed by atoms with E-state index in [-0.39, 0.29) is 23.0 Å². The van der Waals surface area contributed by atoms with Crippen LogP contribution in [-0.4, -0.2) is 0 Å². The van der Waals surface area contributed by atoms with Gasteiger partial charge in [-0.2, -0.15) is 0 Å². The minimum absolute atomic E-state index is 0.0115. The quantitative estimate of drug-likeness (QED) is 0.257. The van der Waals surface area contributed by atoms with Gasteiger partial charge < -0.3 is 0 Å². The molecule has 0 aliphatic heterocycles. The fourth-order valence-corrected chi connectivity index (χ4v) is 6.69. The second-order valence-electron chi connectivity index (χ2n) is 10.6. The topological polar surface area (TPSA) is 0 Å². The number of allylic oxidation sites excluding steroid dienone is 2. The SMILES string of the molecule is C/C=C/CCC1CCC(c2cc3c(c(F)c2F)-c2c(cc(C4CCCCC4)c(F)c2F)C3)CC1. The highest BCUT2D eigenvalue weighted by Crippen LogP contribution is 2.47. The van der Waals surface area contributed by atoms with Crippen LogP contribution in [0, 0.1) is 29.2 Å². The molecule has 34 heavy (non-hydrogen) atoms. The monoisotopic (exact) mass is 470 g/mol. The molecule has 0 unspecified atom stereocenters. The van der Waals surface area contributed by atoms with Crippen LogP contribution in [-0.2, 0) is 6.42 Å². The Morgan fingerprint density at radius 3 is 1.76 bits per heavy atom. The van der Waals surface area contributed by atoms with Crippen molar-refractivity contribution < 1.29 is 17.6 Å². The van der Waals surface area contributed by atoms with Gasteiger partial charge in [-0.15, -0.1) is 0 Å². The molecule has 182 valence electrons. The Morgan fingerprint density at radius 2 is 1.24 bits per heavy atom. The van der Waals surface area contributed by atoms with E-state index in [1.165, 1.54) is 0 Å². The van der Waals surface area contributed by atoms with Gasteiger partial charge in [0.05, 0.1) is 0 Å². The van der Waals surface area contributed by atoms with Crippen LogP contribution in [0.2, 0.25) is 0 Å². The van der Waals surface area contributed by atoms with Crippen LogP contribution in [0.15, 0.2) is 24.3 Å². The van der Waals surface area contributed by atoms with Gasteiger partial charge in [-0.1, -0.05) is 43.5 Å².